The Morgan fingerprint density at radius 3 is 2.76 bits per heavy atom. The summed E-state index contributed by atoms with van der Waals surface area (Å²) in [5, 5.41) is 9.14. The average molecular weight is 255 g/mol. The third kappa shape index (κ3) is 2.28. The van der Waals surface area contributed by atoms with Crippen molar-refractivity contribution in [3.8, 4) is 0 Å². The van der Waals surface area contributed by atoms with Crippen LogP contribution in [0.5, 0.6) is 0 Å². The molecule has 0 aliphatic carbocycles. The first-order valence-electron chi connectivity index (χ1n) is 4.94. The number of aliphatic hydroxyl groups is 1. The Morgan fingerprint density at radius 2 is 2.18 bits per heavy atom. The van der Waals surface area contributed by atoms with E-state index in [4.69, 9.17) is 10.8 Å². The van der Waals surface area contributed by atoms with Crippen molar-refractivity contribution in [2.45, 2.75) is 13.5 Å². The monoisotopic (exact) mass is 255 g/mol. The van der Waals surface area contributed by atoms with Gasteiger partial charge >= 0.3 is 10.2 Å². The lowest BCUT2D eigenvalue weighted by molar-refractivity contribution is 0.390. The van der Waals surface area contributed by atoms with Gasteiger partial charge in [-0.25, -0.2) is 4.72 Å². The van der Waals surface area contributed by atoms with E-state index in [0.29, 0.717) is 11.3 Å². The van der Waals surface area contributed by atoms with E-state index in [2.05, 4.69) is 0 Å². The summed E-state index contributed by atoms with van der Waals surface area (Å²) >= 11 is 0. The van der Waals surface area contributed by atoms with E-state index in [1.54, 1.807) is 6.07 Å². The number of rotatable bonds is 2. The van der Waals surface area contributed by atoms with Crippen LogP contribution in [0.2, 0.25) is 0 Å². The zero-order valence-electron chi connectivity index (χ0n) is 9.21. The van der Waals surface area contributed by atoms with Crippen LogP contribution in [0, 0.1) is 6.92 Å². The standard InChI is InChI=1S/C10H13N3O3S/c1-7-2-3-9(11)8(4-7)5-13-6-10(14)12-17(13,15)16/h2-4,6,12,14H,5,11H2,1H3. The van der Waals surface area contributed by atoms with E-state index in [9.17, 15) is 8.42 Å². The van der Waals surface area contributed by atoms with Crippen molar-refractivity contribution >= 4 is 15.9 Å². The molecule has 6 nitrogen and oxygen atoms in total. The van der Waals surface area contributed by atoms with Gasteiger partial charge in [0.1, 0.15) is 0 Å². The Balaban J connectivity index is 2.30. The highest BCUT2D eigenvalue weighted by Crippen LogP contribution is 2.20. The summed E-state index contributed by atoms with van der Waals surface area (Å²) < 4.78 is 26.0. The highest BCUT2D eigenvalue weighted by Gasteiger charge is 2.27. The van der Waals surface area contributed by atoms with Gasteiger partial charge in [0, 0.05) is 5.69 Å². The predicted molar refractivity (Wildman–Crippen MR) is 63.9 cm³/mol. The summed E-state index contributed by atoms with van der Waals surface area (Å²) in [7, 11) is -3.68. The van der Waals surface area contributed by atoms with Crippen molar-refractivity contribution in [3.63, 3.8) is 0 Å². The minimum atomic E-state index is -3.68. The molecular weight excluding hydrogens is 242 g/mol. The van der Waals surface area contributed by atoms with Crippen molar-refractivity contribution in [2.24, 2.45) is 0 Å². The molecule has 1 heterocycles. The Kier molecular flexibility index (Phi) is 2.62. The molecule has 0 fully saturated rings. The summed E-state index contributed by atoms with van der Waals surface area (Å²) in [6.45, 7) is 1.99. The van der Waals surface area contributed by atoms with E-state index in [1.807, 2.05) is 23.8 Å². The molecule has 0 amide bonds. The third-order valence-electron chi connectivity index (χ3n) is 2.43. The number of nitrogens with two attached hydrogens (primary N) is 1. The summed E-state index contributed by atoms with van der Waals surface area (Å²) in [4.78, 5) is 0. The number of nitrogens with zero attached hydrogens (tertiary/aromatic N) is 1. The normalized spacial score (nSPS) is 17.7. The van der Waals surface area contributed by atoms with Crippen molar-refractivity contribution in [1.29, 1.82) is 0 Å². The van der Waals surface area contributed by atoms with Gasteiger partial charge in [-0.1, -0.05) is 17.7 Å². The third-order valence-corrected chi connectivity index (χ3v) is 3.75. The quantitative estimate of drug-likeness (QED) is 0.674. The summed E-state index contributed by atoms with van der Waals surface area (Å²) in [5.41, 5.74) is 7.97. The van der Waals surface area contributed by atoms with Crippen LogP contribution < -0.4 is 10.5 Å². The topological polar surface area (TPSA) is 95.7 Å². The molecule has 7 heteroatoms. The van der Waals surface area contributed by atoms with Gasteiger partial charge in [-0.15, -0.1) is 0 Å². The van der Waals surface area contributed by atoms with Gasteiger partial charge in [0.15, 0.2) is 0 Å². The van der Waals surface area contributed by atoms with Crippen LogP contribution in [0.15, 0.2) is 30.3 Å². The van der Waals surface area contributed by atoms with Crippen molar-refractivity contribution in [3.05, 3.63) is 41.4 Å². The molecule has 92 valence electrons. The SMILES string of the molecule is Cc1ccc(N)c(CN2C=C(O)NS2(=O)=O)c1. The van der Waals surface area contributed by atoms with Gasteiger partial charge < -0.3 is 10.8 Å². The van der Waals surface area contributed by atoms with E-state index in [-0.39, 0.29) is 6.54 Å². The maximum absolute atomic E-state index is 11.5. The molecule has 0 aromatic heterocycles. The number of nitrogen functional groups attached to an aromatic ring is 1. The number of benzene rings is 1. The first-order valence-corrected chi connectivity index (χ1v) is 6.38. The maximum atomic E-state index is 11.5. The Hall–Kier alpha value is -1.89. The second-order valence-corrected chi connectivity index (χ2v) is 5.49. The molecule has 0 unspecified atom stereocenters. The number of anilines is 1. The Bertz CT molecular complexity index is 580. The largest absolute Gasteiger partial charge is 0.493 e. The van der Waals surface area contributed by atoms with Gasteiger partial charge in [0.2, 0.25) is 5.88 Å². The van der Waals surface area contributed by atoms with Crippen molar-refractivity contribution in [1.82, 2.24) is 9.03 Å². The molecule has 1 aromatic carbocycles. The first-order chi connectivity index (χ1) is 7.88. The number of hydrogen-bond donors (Lipinski definition) is 3. The molecule has 2 rings (SSSR count). The molecule has 0 atom stereocenters. The fourth-order valence-electron chi connectivity index (χ4n) is 1.59. The van der Waals surface area contributed by atoms with Crippen LogP contribution >= 0.6 is 0 Å². The maximum Gasteiger partial charge on any atom is 0.326 e. The lowest BCUT2D eigenvalue weighted by Crippen LogP contribution is -2.29. The Morgan fingerprint density at radius 1 is 1.47 bits per heavy atom. The van der Waals surface area contributed by atoms with Crippen LogP contribution in [-0.4, -0.2) is 17.8 Å². The van der Waals surface area contributed by atoms with E-state index in [0.717, 1.165) is 16.1 Å². The molecule has 0 saturated carbocycles. The molecule has 1 aliphatic heterocycles. The van der Waals surface area contributed by atoms with Crippen LogP contribution in [0.25, 0.3) is 0 Å². The lowest BCUT2D eigenvalue weighted by Gasteiger charge is -2.15. The smallest absolute Gasteiger partial charge is 0.326 e. The van der Waals surface area contributed by atoms with Crippen LogP contribution in [0.3, 0.4) is 0 Å². The zero-order valence-corrected chi connectivity index (χ0v) is 10.0. The van der Waals surface area contributed by atoms with Crippen LogP contribution in [-0.2, 0) is 16.8 Å². The molecule has 1 aliphatic rings. The molecule has 1 aromatic rings. The second-order valence-electron chi connectivity index (χ2n) is 3.87. The van der Waals surface area contributed by atoms with Crippen molar-refractivity contribution in [2.75, 3.05) is 5.73 Å². The summed E-state index contributed by atoms with van der Waals surface area (Å²) in [6, 6.07) is 5.39. The highest BCUT2D eigenvalue weighted by atomic mass is 32.2. The molecular formula is C10H13N3O3S. The van der Waals surface area contributed by atoms with Gasteiger partial charge in [0.25, 0.3) is 0 Å². The minimum Gasteiger partial charge on any atom is -0.493 e. The van der Waals surface area contributed by atoms with Gasteiger partial charge in [-0.05, 0) is 18.6 Å². The van der Waals surface area contributed by atoms with Crippen LogP contribution in [0.4, 0.5) is 5.69 Å². The van der Waals surface area contributed by atoms with E-state index < -0.39 is 16.1 Å². The Labute approximate surface area is 99.5 Å². The molecule has 0 saturated heterocycles. The lowest BCUT2D eigenvalue weighted by atomic mass is 10.1. The van der Waals surface area contributed by atoms with Gasteiger partial charge in [0.05, 0.1) is 12.7 Å². The van der Waals surface area contributed by atoms with E-state index >= 15 is 0 Å². The average Bonchev–Trinajstić information content (AvgIpc) is 2.46. The molecule has 4 N–H and O–H groups in total. The molecule has 0 bridgehead atoms. The minimum absolute atomic E-state index is 0.0902. The molecule has 0 radical (unpaired) electrons. The number of aryl methyl sites for hydroxylation is 1. The van der Waals surface area contributed by atoms with E-state index in [1.165, 1.54) is 0 Å². The van der Waals surface area contributed by atoms with Gasteiger partial charge in [-0.2, -0.15) is 8.42 Å². The van der Waals surface area contributed by atoms with Crippen molar-refractivity contribution < 1.29 is 13.5 Å². The highest BCUT2D eigenvalue weighted by molar-refractivity contribution is 7.87. The number of aliphatic hydroxyl groups excluding tert-OH is 1. The number of nitrogens with one attached hydrogen (secondary N) is 1. The molecule has 17 heavy (non-hydrogen) atoms. The number of hydrogen-bond acceptors (Lipinski definition) is 4. The summed E-state index contributed by atoms with van der Waals surface area (Å²) in [6.07, 6.45) is 1.12. The molecule has 0 spiro atoms. The fraction of sp³-hybridized carbons (Fsp3) is 0.200. The first kappa shape index (κ1) is 11.6. The van der Waals surface area contributed by atoms with Crippen LogP contribution in [0.1, 0.15) is 11.1 Å². The second kappa shape index (κ2) is 3.85. The fourth-order valence-corrected chi connectivity index (χ4v) is 2.57. The van der Waals surface area contributed by atoms with Gasteiger partial charge in [-0.3, -0.25) is 4.31 Å². The summed E-state index contributed by atoms with van der Waals surface area (Å²) in [5.74, 6) is -0.392. The zero-order chi connectivity index (χ0) is 12.6. The predicted octanol–water partition coefficient (Wildman–Crippen LogP) is 0.584.